The maximum Gasteiger partial charge on any atom is 0.134 e. The van der Waals surface area contributed by atoms with Crippen LogP contribution in [0.25, 0.3) is 10.9 Å². The van der Waals surface area contributed by atoms with Crippen LogP contribution in [-0.4, -0.2) is 39.4 Å². The summed E-state index contributed by atoms with van der Waals surface area (Å²) in [5, 5.41) is 9.38. The average Bonchev–Trinajstić information content (AvgIpc) is 3.18. The first-order chi connectivity index (χ1) is 12.3. The molecule has 1 aliphatic carbocycles. The minimum atomic E-state index is 0.394. The van der Waals surface area contributed by atoms with Gasteiger partial charge in [-0.05, 0) is 31.2 Å². The molecule has 3 aromatic rings. The fourth-order valence-corrected chi connectivity index (χ4v) is 3.52. The summed E-state index contributed by atoms with van der Waals surface area (Å²) in [6, 6.07) is 10.8. The van der Waals surface area contributed by atoms with Crippen LogP contribution in [-0.2, 0) is 0 Å². The van der Waals surface area contributed by atoms with Crippen LogP contribution in [0.1, 0.15) is 25.3 Å². The van der Waals surface area contributed by atoms with Gasteiger partial charge < -0.3 is 10.2 Å². The molecular formula is C19H22N6. The summed E-state index contributed by atoms with van der Waals surface area (Å²) >= 11 is 0. The summed E-state index contributed by atoms with van der Waals surface area (Å²) in [7, 11) is 0. The van der Waals surface area contributed by atoms with Crippen molar-refractivity contribution in [3.63, 3.8) is 0 Å². The largest absolute Gasteiger partial charge is 0.370 e. The third-order valence-electron chi connectivity index (χ3n) is 5.21. The zero-order valence-electron chi connectivity index (χ0n) is 14.2. The summed E-state index contributed by atoms with van der Waals surface area (Å²) < 4.78 is 2.12. The van der Waals surface area contributed by atoms with Gasteiger partial charge in [-0.2, -0.15) is 5.10 Å². The van der Waals surface area contributed by atoms with Gasteiger partial charge in [0.15, 0.2) is 0 Å². The fraction of sp³-hybridized carbons (Fsp3) is 0.421. The lowest BCUT2D eigenvalue weighted by molar-refractivity contribution is 0.499. The molecule has 1 unspecified atom stereocenters. The Hall–Kier alpha value is -2.63. The second kappa shape index (κ2) is 6.02. The molecule has 1 aromatic carbocycles. The molecule has 6 heteroatoms. The molecule has 6 nitrogen and oxygen atoms in total. The number of anilines is 2. The van der Waals surface area contributed by atoms with E-state index in [1.807, 2.05) is 6.07 Å². The van der Waals surface area contributed by atoms with Crippen LogP contribution in [0.3, 0.4) is 0 Å². The molecule has 1 saturated carbocycles. The van der Waals surface area contributed by atoms with E-state index in [1.54, 1.807) is 6.33 Å². The highest BCUT2D eigenvalue weighted by molar-refractivity contribution is 5.77. The molecule has 2 fully saturated rings. The second-order valence-corrected chi connectivity index (χ2v) is 7.14. The number of nitrogens with one attached hydrogen (secondary N) is 1. The third-order valence-corrected chi connectivity index (χ3v) is 5.21. The van der Waals surface area contributed by atoms with Crippen molar-refractivity contribution in [3.05, 3.63) is 42.9 Å². The van der Waals surface area contributed by atoms with E-state index in [9.17, 15) is 0 Å². The standard InChI is InChI=1S/C19H22N6/c1-2-4-17-15(3-1)11-25(23-17)16-7-8-24(12-16)19-9-18(21-13-22-19)20-10-14-5-6-14/h1-4,9,11,13-14,16H,5-8,10,12H2,(H,20,21,22). The summed E-state index contributed by atoms with van der Waals surface area (Å²) in [5.41, 5.74) is 1.06. The van der Waals surface area contributed by atoms with Gasteiger partial charge >= 0.3 is 0 Å². The van der Waals surface area contributed by atoms with Crippen LogP contribution in [0.4, 0.5) is 11.6 Å². The SMILES string of the molecule is c1ccc2nn(C3CCN(c4cc(NCC5CC5)ncn4)C3)cc2c1. The number of rotatable bonds is 5. The van der Waals surface area contributed by atoms with Crippen LogP contribution in [0, 0.1) is 5.92 Å². The third kappa shape index (κ3) is 3.04. The van der Waals surface area contributed by atoms with Crippen LogP contribution < -0.4 is 10.2 Å². The predicted octanol–water partition coefficient (Wildman–Crippen LogP) is 3.10. The molecular weight excluding hydrogens is 312 g/mol. The first-order valence-corrected chi connectivity index (χ1v) is 9.10. The van der Waals surface area contributed by atoms with Crippen molar-refractivity contribution >= 4 is 22.5 Å². The molecule has 1 N–H and O–H groups in total. The van der Waals surface area contributed by atoms with Crippen LogP contribution >= 0.6 is 0 Å². The summed E-state index contributed by atoms with van der Waals surface area (Å²) in [4.78, 5) is 11.2. The molecule has 0 bridgehead atoms. The highest BCUT2D eigenvalue weighted by Gasteiger charge is 2.26. The highest BCUT2D eigenvalue weighted by Crippen LogP contribution is 2.30. The van der Waals surface area contributed by atoms with Crippen LogP contribution in [0.2, 0.25) is 0 Å². The van der Waals surface area contributed by atoms with E-state index in [0.29, 0.717) is 6.04 Å². The Labute approximate surface area is 146 Å². The van der Waals surface area contributed by atoms with Crippen molar-refractivity contribution in [2.45, 2.75) is 25.3 Å². The maximum atomic E-state index is 4.74. The van der Waals surface area contributed by atoms with Crippen molar-refractivity contribution in [2.75, 3.05) is 29.9 Å². The summed E-state index contributed by atoms with van der Waals surface area (Å²) in [5.74, 6) is 2.78. The van der Waals surface area contributed by atoms with Gasteiger partial charge in [-0.1, -0.05) is 18.2 Å². The lowest BCUT2D eigenvalue weighted by Gasteiger charge is -2.18. The molecule has 3 heterocycles. The van der Waals surface area contributed by atoms with Crippen molar-refractivity contribution in [3.8, 4) is 0 Å². The Morgan fingerprint density at radius 3 is 2.92 bits per heavy atom. The Balaban J connectivity index is 1.30. The first-order valence-electron chi connectivity index (χ1n) is 9.10. The van der Waals surface area contributed by atoms with Gasteiger partial charge in [0.25, 0.3) is 0 Å². The van der Waals surface area contributed by atoms with Gasteiger partial charge in [0.1, 0.15) is 18.0 Å². The Morgan fingerprint density at radius 1 is 1.12 bits per heavy atom. The molecule has 25 heavy (non-hydrogen) atoms. The van der Waals surface area contributed by atoms with E-state index < -0.39 is 0 Å². The second-order valence-electron chi connectivity index (χ2n) is 7.14. The molecule has 0 radical (unpaired) electrons. The molecule has 0 spiro atoms. The number of aromatic nitrogens is 4. The zero-order chi connectivity index (χ0) is 16.6. The molecule has 2 aliphatic rings. The van der Waals surface area contributed by atoms with Gasteiger partial charge in [-0.3, -0.25) is 4.68 Å². The maximum absolute atomic E-state index is 4.74. The smallest absolute Gasteiger partial charge is 0.134 e. The molecule has 1 aliphatic heterocycles. The lowest BCUT2D eigenvalue weighted by Crippen LogP contribution is -2.22. The topological polar surface area (TPSA) is 58.9 Å². The highest BCUT2D eigenvalue weighted by atomic mass is 15.3. The molecule has 2 aromatic heterocycles. The van der Waals surface area contributed by atoms with Gasteiger partial charge in [0.2, 0.25) is 0 Å². The van der Waals surface area contributed by atoms with E-state index in [0.717, 1.165) is 49.1 Å². The number of nitrogens with zero attached hydrogens (tertiary/aromatic N) is 5. The normalized spacial score (nSPS) is 20.3. The zero-order valence-corrected chi connectivity index (χ0v) is 14.2. The van der Waals surface area contributed by atoms with E-state index in [4.69, 9.17) is 5.10 Å². The molecule has 1 saturated heterocycles. The van der Waals surface area contributed by atoms with Crippen LogP contribution in [0.5, 0.6) is 0 Å². The minimum Gasteiger partial charge on any atom is -0.370 e. The predicted molar refractivity (Wildman–Crippen MR) is 98.8 cm³/mol. The Kier molecular flexibility index (Phi) is 3.54. The van der Waals surface area contributed by atoms with Gasteiger partial charge in [0, 0.05) is 37.3 Å². The first kappa shape index (κ1) is 14.7. The van der Waals surface area contributed by atoms with E-state index in [1.165, 1.54) is 18.2 Å². The van der Waals surface area contributed by atoms with E-state index in [-0.39, 0.29) is 0 Å². The van der Waals surface area contributed by atoms with Crippen LogP contribution in [0.15, 0.2) is 42.9 Å². The Bertz CT molecular complexity index is 851. The average molecular weight is 334 g/mol. The number of hydrogen-bond donors (Lipinski definition) is 1. The Morgan fingerprint density at radius 2 is 2.04 bits per heavy atom. The van der Waals surface area contributed by atoms with Crippen molar-refractivity contribution in [1.82, 2.24) is 19.7 Å². The van der Waals surface area contributed by atoms with Crippen molar-refractivity contribution in [1.29, 1.82) is 0 Å². The lowest BCUT2D eigenvalue weighted by atomic mass is 10.2. The van der Waals surface area contributed by atoms with Gasteiger partial charge in [0.05, 0.1) is 11.6 Å². The molecule has 1 atom stereocenters. The number of fused-ring (bicyclic) bond motifs is 1. The summed E-state index contributed by atoms with van der Waals surface area (Å²) in [6.45, 7) is 2.96. The van der Waals surface area contributed by atoms with Gasteiger partial charge in [-0.15, -0.1) is 0 Å². The minimum absolute atomic E-state index is 0.394. The molecule has 5 rings (SSSR count). The van der Waals surface area contributed by atoms with Crippen molar-refractivity contribution < 1.29 is 0 Å². The molecule has 128 valence electrons. The monoisotopic (exact) mass is 334 g/mol. The quantitative estimate of drug-likeness (QED) is 0.777. The molecule has 0 amide bonds. The van der Waals surface area contributed by atoms with E-state index in [2.05, 4.69) is 55.3 Å². The number of hydrogen-bond acceptors (Lipinski definition) is 5. The van der Waals surface area contributed by atoms with Crippen molar-refractivity contribution in [2.24, 2.45) is 5.92 Å². The summed E-state index contributed by atoms with van der Waals surface area (Å²) in [6.07, 6.45) is 7.60. The van der Waals surface area contributed by atoms with E-state index >= 15 is 0 Å². The number of benzene rings is 1. The van der Waals surface area contributed by atoms with Gasteiger partial charge in [-0.25, -0.2) is 9.97 Å². The fourth-order valence-electron chi connectivity index (χ4n) is 3.52.